The molecule has 2 heteroatoms. The van der Waals surface area contributed by atoms with E-state index in [1.165, 1.54) is 39.0 Å². The van der Waals surface area contributed by atoms with Crippen LogP contribution in [0.4, 0.5) is 0 Å². The van der Waals surface area contributed by atoms with Crippen LogP contribution in [0.5, 0.6) is 0 Å². The van der Waals surface area contributed by atoms with Gasteiger partial charge in [-0.05, 0) is 31.6 Å². The molecule has 80 valence electrons. The maximum Gasteiger partial charge on any atom is 0.139 e. The van der Waals surface area contributed by atoms with E-state index in [9.17, 15) is 9.59 Å². The molecule has 0 N–H and O–H groups in total. The second kappa shape index (κ2) is 4.72. The maximum atomic E-state index is 11.2. The summed E-state index contributed by atoms with van der Waals surface area (Å²) in [4.78, 5) is 21.9. The van der Waals surface area contributed by atoms with Crippen molar-refractivity contribution in [2.75, 3.05) is 0 Å². The molecule has 0 aromatic rings. The van der Waals surface area contributed by atoms with Crippen LogP contribution in [-0.2, 0) is 9.59 Å². The third-order valence-electron chi connectivity index (χ3n) is 3.46. The van der Waals surface area contributed by atoms with Crippen molar-refractivity contribution in [2.24, 2.45) is 11.3 Å². The highest BCUT2D eigenvalue weighted by Crippen LogP contribution is 2.40. The van der Waals surface area contributed by atoms with Gasteiger partial charge in [0.05, 0.1) is 5.92 Å². The lowest BCUT2D eigenvalue weighted by Crippen LogP contribution is -2.27. The Hall–Kier alpha value is -0.660. The molecule has 1 aliphatic rings. The highest BCUT2D eigenvalue weighted by Gasteiger charge is 2.31. The third kappa shape index (κ3) is 2.93. The minimum atomic E-state index is -0.363. The number of carbonyl (C=O) groups is 2. The first-order valence-corrected chi connectivity index (χ1v) is 5.53. The molecule has 0 heterocycles. The van der Waals surface area contributed by atoms with Gasteiger partial charge in [-0.1, -0.05) is 26.2 Å². The largest absolute Gasteiger partial charge is 0.303 e. The Kier molecular flexibility index (Phi) is 3.85. The molecule has 1 rings (SSSR count). The van der Waals surface area contributed by atoms with Gasteiger partial charge in [-0.15, -0.1) is 0 Å². The molecule has 0 spiro atoms. The van der Waals surface area contributed by atoms with Crippen molar-refractivity contribution in [1.82, 2.24) is 0 Å². The van der Waals surface area contributed by atoms with E-state index in [1.807, 2.05) is 0 Å². The van der Waals surface area contributed by atoms with Crippen molar-refractivity contribution < 1.29 is 9.59 Å². The van der Waals surface area contributed by atoms with Crippen molar-refractivity contribution in [3.05, 3.63) is 0 Å². The predicted octanol–water partition coefficient (Wildman–Crippen LogP) is 2.75. The van der Waals surface area contributed by atoms with E-state index < -0.39 is 0 Å². The molecule has 1 aliphatic carbocycles. The first kappa shape index (κ1) is 11.4. The van der Waals surface area contributed by atoms with Gasteiger partial charge in [-0.25, -0.2) is 0 Å². The molecule has 0 radical (unpaired) electrons. The molecule has 14 heavy (non-hydrogen) atoms. The van der Waals surface area contributed by atoms with E-state index in [4.69, 9.17) is 0 Å². The van der Waals surface area contributed by atoms with Crippen LogP contribution in [0.15, 0.2) is 0 Å². The number of rotatable bonds is 4. The second-order valence-corrected chi connectivity index (χ2v) is 4.93. The van der Waals surface area contributed by atoms with Gasteiger partial charge in [0.1, 0.15) is 12.1 Å². The Labute approximate surface area is 86.1 Å². The Bertz CT molecular complexity index is 214. The Morgan fingerprint density at radius 1 is 1.36 bits per heavy atom. The Balaban J connectivity index is 2.55. The van der Waals surface area contributed by atoms with Crippen molar-refractivity contribution in [3.63, 3.8) is 0 Å². The molecule has 2 nitrogen and oxygen atoms in total. The molecule has 0 saturated heterocycles. The van der Waals surface area contributed by atoms with Gasteiger partial charge < -0.3 is 4.79 Å². The first-order chi connectivity index (χ1) is 6.57. The van der Waals surface area contributed by atoms with Crippen LogP contribution in [0.1, 0.15) is 52.4 Å². The number of carbonyl (C=O) groups excluding carboxylic acids is 2. The van der Waals surface area contributed by atoms with E-state index in [0.717, 1.165) is 12.7 Å². The van der Waals surface area contributed by atoms with E-state index in [-0.39, 0.29) is 17.1 Å². The topological polar surface area (TPSA) is 34.1 Å². The summed E-state index contributed by atoms with van der Waals surface area (Å²) < 4.78 is 0. The number of hydrogen-bond acceptors (Lipinski definition) is 2. The smallest absolute Gasteiger partial charge is 0.139 e. The summed E-state index contributed by atoms with van der Waals surface area (Å²) in [7, 11) is 0. The lowest BCUT2D eigenvalue weighted by Gasteiger charge is -2.34. The van der Waals surface area contributed by atoms with Gasteiger partial charge in [-0.2, -0.15) is 0 Å². The fourth-order valence-corrected chi connectivity index (χ4v) is 2.43. The number of aldehydes is 1. The summed E-state index contributed by atoms with van der Waals surface area (Å²) in [5, 5.41) is 0. The molecule has 0 aliphatic heterocycles. The summed E-state index contributed by atoms with van der Waals surface area (Å²) >= 11 is 0. The SMILES string of the molecule is CC(=O)C(C=O)CC1(C)CCCCC1. The van der Waals surface area contributed by atoms with Crippen molar-refractivity contribution in [3.8, 4) is 0 Å². The van der Waals surface area contributed by atoms with Crippen LogP contribution in [0.2, 0.25) is 0 Å². The predicted molar refractivity (Wildman–Crippen MR) is 56.0 cm³/mol. The molecule has 0 bridgehead atoms. The fourth-order valence-electron chi connectivity index (χ4n) is 2.43. The molecule has 0 amide bonds. The molecule has 0 aromatic carbocycles. The van der Waals surface area contributed by atoms with Crippen LogP contribution in [0.25, 0.3) is 0 Å². The minimum Gasteiger partial charge on any atom is -0.303 e. The average molecular weight is 196 g/mol. The van der Waals surface area contributed by atoms with Crippen LogP contribution in [0, 0.1) is 11.3 Å². The van der Waals surface area contributed by atoms with Gasteiger partial charge in [0.15, 0.2) is 0 Å². The summed E-state index contributed by atoms with van der Waals surface area (Å²) in [5.74, 6) is -0.343. The van der Waals surface area contributed by atoms with Gasteiger partial charge >= 0.3 is 0 Å². The molecule has 1 unspecified atom stereocenters. The van der Waals surface area contributed by atoms with E-state index >= 15 is 0 Å². The van der Waals surface area contributed by atoms with Crippen LogP contribution >= 0.6 is 0 Å². The van der Waals surface area contributed by atoms with E-state index in [0.29, 0.717) is 0 Å². The van der Waals surface area contributed by atoms with Gasteiger partial charge in [0.25, 0.3) is 0 Å². The molecule has 1 saturated carbocycles. The second-order valence-electron chi connectivity index (χ2n) is 4.93. The molecular weight excluding hydrogens is 176 g/mol. The monoisotopic (exact) mass is 196 g/mol. The number of hydrogen-bond donors (Lipinski definition) is 0. The van der Waals surface area contributed by atoms with Gasteiger partial charge in [0, 0.05) is 0 Å². The zero-order chi connectivity index (χ0) is 10.6. The van der Waals surface area contributed by atoms with Crippen molar-refractivity contribution in [1.29, 1.82) is 0 Å². The van der Waals surface area contributed by atoms with Gasteiger partial charge in [0.2, 0.25) is 0 Å². The van der Waals surface area contributed by atoms with E-state index in [2.05, 4.69) is 6.92 Å². The van der Waals surface area contributed by atoms with E-state index in [1.54, 1.807) is 0 Å². The zero-order valence-electron chi connectivity index (χ0n) is 9.21. The summed E-state index contributed by atoms with van der Waals surface area (Å²) in [6.07, 6.45) is 7.73. The average Bonchev–Trinajstić information content (AvgIpc) is 2.15. The molecule has 1 atom stereocenters. The van der Waals surface area contributed by atoms with Crippen LogP contribution in [-0.4, -0.2) is 12.1 Å². The number of Topliss-reactive ketones (excluding diaryl/α,β-unsaturated/α-hetero) is 1. The summed E-state index contributed by atoms with van der Waals surface area (Å²) in [6.45, 7) is 3.73. The van der Waals surface area contributed by atoms with Crippen LogP contribution < -0.4 is 0 Å². The lowest BCUT2D eigenvalue weighted by atomic mass is 9.70. The third-order valence-corrected chi connectivity index (χ3v) is 3.46. The summed E-state index contributed by atoms with van der Waals surface area (Å²) in [6, 6.07) is 0. The Morgan fingerprint density at radius 3 is 2.36 bits per heavy atom. The Morgan fingerprint density at radius 2 is 1.93 bits per heavy atom. The lowest BCUT2D eigenvalue weighted by molar-refractivity contribution is -0.127. The van der Waals surface area contributed by atoms with Crippen molar-refractivity contribution in [2.45, 2.75) is 52.4 Å². The van der Waals surface area contributed by atoms with Crippen LogP contribution in [0.3, 0.4) is 0 Å². The quantitative estimate of drug-likeness (QED) is 0.512. The standard InChI is InChI=1S/C12H20O2/c1-10(14)11(9-13)8-12(2)6-4-3-5-7-12/h9,11H,3-8H2,1-2H3. The normalized spacial score (nSPS) is 22.7. The highest BCUT2D eigenvalue weighted by molar-refractivity contribution is 5.91. The molecular formula is C12H20O2. The zero-order valence-corrected chi connectivity index (χ0v) is 9.21. The van der Waals surface area contributed by atoms with Gasteiger partial charge in [-0.3, -0.25) is 4.79 Å². The maximum absolute atomic E-state index is 11.2. The van der Waals surface area contributed by atoms with Crippen molar-refractivity contribution >= 4 is 12.1 Å². The highest BCUT2D eigenvalue weighted by atomic mass is 16.1. The molecule has 1 fully saturated rings. The minimum absolute atomic E-state index is 0.0202. The summed E-state index contributed by atoms with van der Waals surface area (Å²) in [5.41, 5.74) is 0.232. The molecule has 0 aromatic heterocycles. The number of ketones is 1. The first-order valence-electron chi connectivity index (χ1n) is 5.53. The fraction of sp³-hybridized carbons (Fsp3) is 0.833.